The molecule has 6 heteroatoms. The fraction of sp³-hybridized carbons (Fsp3) is 0. The molecule has 0 N–H and O–H groups in total. The molecular weight excluding hydrogens is 260 g/mol. The van der Waals surface area contributed by atoms with E-state index in [0.29, 0.717) is 0 Å². The van der Waals surface area contributed by atoms with Crippen LogP contribution < -0.4 is 0 Å². The van der Waals surface area contributed by atoms with Gasteiger partial charge in [0.25, 0.3) is 11.4 Å². The van der Waals surface area contributed by atoms with Crippen molar-refractivity contribution in [3.63, 3.8) is 0 Å². The highest BCUT2D eigenvalue weighted by molar-refractivity contribution is 6.15. The van der Waals surface area contributed by atoms with E-state index in [1.807, 2.05) is 0 Å². The first-order chi connectivity index (χ1) is 9.61. The van der Waals surface area contributed by atoms with Gasteiger partial charge in [0.1, 0.15) is 0 Å². The normalized spacial score (nSPS) is 10.8. The lowest BCUT2D eigenvalue weighted by atomic mass is 9.99. The first-order valence-electron chi connectivity index (χ1n) is 5.83. The molecule has 0 amide bonds. The van der Waals surface area contributed by atoms with E-state index in [1.165, 1.54) is 24.3 Å². The third-order valence-corrected chi connectivity index (χ3v) is 3.24. The molecule has 0 heterocycles. The van der Waals surface area contributed by atoms with Crippen molar-refractivity contribution < 1.29 is 9.85 Å². The third-order valence-electron chi connectivity index (χ3n) is 3.24. The molecule has 3 rings (SSSR count). The van der Waals surface area contributed by atoms with Gasteiger partial charge in [-0.15, -0.1) is 0 Å². The van der Waals surface area contributed by atoms with Gasteiger partial charge >= 0.3 is 0 Å². The maximum absolute atomic E-state index is 11.3. The molecule has 0 atom stereocenters. The number of nitrogens with zero attached hydrogens (tertiary/aromatic N) is 2. The fourth-order valence-corrected chi connectivity index (χ4v) is 2.48. The topological polar surface area (TPSA) is 86.3 Å². The number of non-ortho nitro benzene ring substituents is 2. The molecule has 0 aliphatic rings. The number of rotatable bonds is 2. The summed E-state index contributed by atoms with van der Waals surface area (Å²) in [4.78, 5) is 21.7. The second-order valence-corrected chi connectivity index (χ2v) is 4.30. The van der Waals surface area contributed by atoms with E-state index in [2.05, 4.69) is 0 Å². The van der Waals surface area contributed by atoms with Crippen LogP contribution in [0.5, 0.6) is 0 Å². The van der Waals surface area contributed by atoms with Crippen molar-refractivity contribution in [2.75, 3.05) is 0 Å². The van der Waals surface area contributed by atoms with Crippen LogP contribution in [-0.2, 0) is 0 Å². The van der Waals surface area contributed by atoms with Gasteiger partial charge in [0.15, 0.2) is 0 Å². The van der Waals surface area contributed by atoms with Crippen molar-refractivity contribution >= 4 is 32.9 Å². The average molecular weight is 268 g/mol. The van der Waals surface area contributed by atoms with Gasteiger partial charge in [-0.05, 0) is 24.3 Å². The molecule has 0 aliphatic carbocycles. The standard InChI is InChI=1S/C14H8N2O4/c17-15(18)13-9-5-1-2-6-10(9)14(16(19)20)12-8-4-3-7-11(12)13/h1-8H. The fourth-order valence-electron chi connectivity index (χ4n) is 2.48. The maximum atomic E-state index is 11.3. The minimum absolute atomic E-state index is 0.0956. The lowest BCUT2D eigenvalue weighted by Crippen LogP contribution is -1.97. The molecular formula is C14H8N2O4. The monoisotopic (exact) mass is 268 g/mol. The summed E-state index contributed by atoms with van der Waals surface area (Å²) in [6.07, 6.45) is 0. The molecule has 0 radical (unpaired) electrons. The molecule has 3 aromatic carbocycles. The summed E-state index contributed by atoms with van der Waals surface area (Å²) in [6.45, 7) is 0. The van der Waals surface area contributed by atoms with E-state index < -0.39 is 9.85 Å². The Morgan fingerprint density at radius 3 is 1.05 bits per heavy atom. The van der Waals surface area contributed by atoms with Crippen LogP contribution in [0.3, 0.4) is 0 Å². The Labute approximate surface area is 112 Å². The number of fused-ring (bicyclic) bond motifs is 2. The molecule has 0 aromatic heterocycles. The third kappa shape index (κ3) is 1.58. The van der Waals surface area contributed by atoms with E-state index in [1.54, 1.807) is 24.3 Å². The van der Waals surface area contributed by atoms with Gasteiger partial charge in [-0.2, -0.15) is 0 Å². The maximum Gasteiger partial charge on any atom is 0.285 e. The van der Waals surface area contributed by atoms with E-state index in [9.17, 15) is 20.2 Å². The number of nitro groups is 2. The number of hydrogen-bond acceptors (Lipinski definition) is 4. The first-order valence-corrected chi connectivity index (χ1v) is 5.83. The largest absolute Gasteiger partial charge is 0.285 e. The van der Waals surface area contributed by atoms with Crippen molar-refractivity contribution in [1.29, 1.82) is 0 Å². The number of nitro benzene ring substituents is 2. The minimum Gasteiger partial charge on any atom is -0.258 e. The molecule has 0 unspecified atom stereocenters. The molecule has 0 spiro atoms. The van der Waals surface area contributed by atoms with Gasteiger partial charge in [0.05, 0.1) is 31.4 Å². The first kappa shape index (κ1) is 12.0. The second-order valence-electron chi connectivity index (χ2n) is 4.30. The van der Waals surface area contributed by atoms with Crippen molar-refractivity contribution in [3.05, 3.63) is 68.8 Å². The molecule has 0 aliphatic heterocycles. The smallest absolute Gasteiger partial charge is 0.258 e. The summed E-state index contributed by atoms with van der Waals surface area (Å²) in [5, 5.41) is 23.8. The van der Waals surface area contributed by atoms with Gasteiger partial charge in [0, 0.05) is 0 Å². The van der Waals surface area contributed by atoms with E-state index in [4.69, 9.17) is 0 Å². The highest BCUT2D eigenvalue weighted by Gasteiger charge is 2.26. The molecule has 0 fully saturated rings. The predicted molar refractivity (Wildman–Crippen MR) is 74.8 cm³/mol. The SMILES string of the molecule is O=[N+]([O-])c1c2ccccc2c([N+](=O)[O-])c2ccccc12. The average Bonchev–Trinajstić information content (AvgIpc) is 2.43. The lowest BCUT2D eigenvalue weighted by Gasteiger charge is -2.06. The Kier molecular flexibility index (Phi) is 2.57. The van der Waals surface area contributed by atoms with Crippen LogP contribution in [0, 0.1) is 20.2 Å². The van der Waals surface area contributed by atoms with E-state index in [0.717, 1.165) is 0 Å². The molecule has 98 valence electrons. The second kappa shape index (κ2) is 4.27. The van der Waals surface area contributed by atoms with Gasteiger partial charge in [-0.3, -0.25) is 20.2 Å². The Balaban J connectivity index is 2.69. The summed E-state index contributed by atoms with van der Waals surface area (Å²) >= 11 is 0. The minimum atomic E-state index is -0.492. The molecule has 3 aromatic rings. The lowest BCUT2D eigenvalue weighted by molar-refractivity contribution is -0.384. The predicted octanol–water partition coefficient (Wildman–Crippen LogP) is 3.81. The molecule has 0 saturated carbocycles. The van der Waals surface area contributed by atoms with Gasteiger partial charge in [0.2, 0.25) is 0 Å². The number of benzene rings is 3. The van der Waals surface area contributed by atoms with Gasteiger partial charge < -0.3 is 0 Å². The van der Waals surface area contributed by atoms with Crippen LogP contribution in [0.4, 0.5) is 11.4 Å². The van der Waals surface area contributed by atoms with Gasteiger partial charge in [-0.1, -0.05) is 24.3 Å². The zero-order valence-electron chi connectivity index (χ0n) is 10.1. The summed E-state index contributed by atoms with van der Waals surface area (Å²) in [6, 6.07) is 12.7. The van der Waals surface area contributed by atoms with Crippen molar-refractivity contribution in [2.45, 2.75) is 0 Å². The Morgan fingerprint density at radius 1 is 0.600 bits per heavy atom. The quantitative estimate of drug-likeness (QED) is 0.401. The van der Waals surface area contributed by atoms with Crippen LogP contribution in [-0.4, -0.2) is 9.85 Å². The Hall–Kier alpha value is -3.02. The van der Waals surface area contributed by atoms with Crippen LogP contribution in [0.25, 0.3) is 21.5 Å². The van der Waals surface area contributed by atoms with Crippen molar-refractivity contribution in [2.24, 2.45) is 0 Å². The molecule has 20 heavy (non-hydrogen) atoms. The zero-order chi connectivity index (χ0) is 14.3. The summed E-state index contributed by atoms with van der Waals surface area (Å²) < 4.78 is 0. The molecule has 0 bridgehead atoms. The Morgan fingerprint density at radius 2 is 0.850 bits per heavy atom. The van der Waals surface area contributed by atoms with E-state index >= 15 is 0 Å². The summed E-state index contributed by atoms with van der Waals surface area (Å²) in [5.74, 6) is 0. The summed E-state index contributed by atoms with van der Waals surface area (Å²) in [5.41, 5.74) is -0.191. The van der Waals surface area contributed by atoms with E-state index in [-0.39, 0.29) is 32.9 Å². The Bertz CT molecular complexity index is 745. The van der Waals surface area contributed by atoms with Crippen LogP contribution in [0.2, 0.25) is 0 Å². The van der Waals surface area contributed by atoms with Gasteiger partial charge in [-0.25, -0.2) is 0 Å². The summed E-state index contributed by atoms with van der Waals surface area (Å²) in [7, 11) is 0. The zero-order valence-corrected chi connectivity index (χ0v) is 10.1. The van der Waals surface area contributed by atoms with Crippen molar-refractivity contribution in [1.82, 2.24) is 0 Å². The number of hydrogen-bond donors (Lipinski definition) is 0. The molecule has 0 saturated heterocycles. The highest BCUT2D eigenvalue weighted by atomic mass is 16.6. The van der Waals surface area contributed by atoms with Crippen LogP contribution in [0.1, 0.15) is 0 Å². The highest BCUT2D eigenvalue weighted by Crippen LogP contribution is 2.41. The molecule has 6 nitrogen and oxygen atoms in total. The van der Waals surface area contributed by atoms with Crippen molar-refractivity contribution in [3.8, 4) is 0 Å². The van der Waals surface area contributed by atoms with Crippen LogP contribution in [0.15, 0.2) is 48.5 Å². The van der Waals surface area contributed by atoms with Crippen LogP contribution >= 0.6 is 0 Å².